The highest BCUT2D eigenvalue weighted by Gasteiger charge is 2.42. The number of anilines is 3. The first-order chi connectivity index (χ1) is 18.3. The number of benzene rings is 2. The molecule has 16 heteroatoms. The molecule has 0 amide bonds. The van der Waals surface area contributed by atoms with Crippen molar-refractivity contribution in [2.24, 2.45) is 0 Å². The molecule has 0 radical (unpaired) electrons. The number of aromatic nitrogens is 4. The molecule has 0 aliphatic carbocycles. The maximum Gasteiger partial charge on any atom is 0.491 e. The van der Waals surface area contributed by atoms with Gasteiger partial charge in [0, 0.05) is 36.0 Å². The van der Waals surface area contributed by atoms with Gasteiger partial charge in [-0.25, -0.2) is 27.3 Å². The third-order valence-corrected chi connectivity index (χ3v) is 6.35. The van der Waals surface area contributed by atoms with Crippen LogP contribution < -0.4 is 10.6 Å². The van der Waals surface area contributed by atoms with E-state index in [9.17, 15) is 35.9 Å². The molecular weight excluding hydrogens is 548 g/mol. The molecule has 0 spiro atoms. The Balaban J connectivity index is 1.53. The van der Waals surface area contributed by atoms with Crippen LogP contribution in [0.2, 0.25) is 0 Å². The molecule has 0 saturated heterocycles. The lowest BCUT2D eigenvalue weighted by molar-refractivity contribution is -0.219. The van der Waals surface area contributed by atoms with Crippen LogP contribution >= 0.6 is 0 Å². The lowest BCUT2D eigenvalue weighted by Gasteiger charge is -2.14. The number of sulfone groups is 1. The van der Waals surface area contributed by atoms with Crippen molar-refractivity contribution in [2.45, 2.75) is 23.8 Å². The zero-order chi connectivity index (χ0) is 28.4. The molecule has 4 rings (SSSR count). The summed E-state index contributed by atoms with van der Waals surface area (Å²) in [6.07, 6.45) is -4.16. The molecule has 1 atom stereocenters. The predicted octanol–water partition coefficient (Wildman–Crippen LogP) is 3.33. The van der Waals surface area contributed by atoms with Crippen LogP contribution in [-0.2, 0) is 19.4 Å². The molecule has 1 unspecified atom stereocenters. The molecule has 2 aromatic heterocycles. The van der Waals surface area contributed by atoms with Gasteiger partial charge >= 0.3 is 12.1 Å². The summed E-state index contributed by atoms with van der Waals surface area (Å²) in [5.41, 5.74) is 1.22. The number of carbonyl (C=O) groups excluding carboxylic acids is 1. The Kier molecular flexibility index (Phi) is 7.69. The average molecular weight is 569 g/mol. The highest BCUT2D eigenvalue weighted by Crippen LogP contribution is 2.27. The van der Waals surface area contributed by atoms with Crippen molar-refractivity contribution in [3.63, 3.8) is 0 Å². The number of nitrogens with one attached hydrogen (secondary N) is 2. The third-order valence-electron chi connectivity index (χ3n) is 5.24. The van der Waals surface area contributed by atoms with Gasteiger partial charge in [-0.2, -0.15) is 23.3 Å². The second-order valence-corrected chi connectivity index (χ2v) is 10.2. The minimum Gasteiger partial charge on any atom is -0.429 e. The van der Waals surface area contributed by atoms with Crippen LogP contribution in [0.15, 0.2) is 59.8 Å². The number of hydrogen-bond acceptors (Lipinski definition) is 10. The Labute approximate surface area is 218 Å². The van der Waals surface area contributed by atoms with Gasteiger partial charge in [-0.3, -0.25) is 0 Å². The number of halogens is 4. The lowest BCUT2D eigenvalue weighted by Crippen LogP contribution is -2.30. The molecule has 11 nitrogen and oxygen atoms in total. The second kappa shape index (κ2) is 10.8. The smallest absolute Gasteiger partial charge is 0.429 e. The number of ether oxygens (including phenoxy) is 1. The predicted molar refractivity (Wildman–Crippen MR) is 131 cm³/mol. The number of fused-ring (bicyclic) bond motifs is 1. The Morgan fingerprint density at radius 1 is 1.18 bits per heavy atom. The molecule has 4 aromatic rings. The summed E-state index contributed by atoms with van der Waals surface area (Å²) in [4.78, 5) is 19.0. The van der Waals surface area contributed by atoms with Gasteiger partial charge in [-0.05, 0) is 30.3 Å². The lowest BCUT2D eigenvalue weighted by atomic mass is 10.2. The Morgan fingerprint density at radius 3 is 2.64 bits per heavy atom. The number of carbonyl (C=O) groups is 1. The number of aliphatic hydroxyl groups excluding tert-OH is 1. The molecule has 206 valence electrons. The van der Waals surface area contributed by atoms with E-state index < -0.39 is 34.1 Å². The topological polar surface area (TPSA) is 148 Å². The van der Waals surface area contributed by atoms with Crippen molar-refractivity contribution in [1.29, 1.82) is 0 Å². The fourth-order valence-electron chi connectivity index (χ4n) is 3.45. The minimum atomic E-state index is -5.22. The van der Waals surface area contributed by atoms with Crippen molar-refractivity contribution in [3.05, 3.63) is 60.7 Å². The third kappa shape index (κ3) is 6.58. The van der Waals surface area contributed by atoms with E-state index in [4.69, 9.17) is 0 Å². The van der Waals surface area contributed by atoms with Crippen LogP contribution in [0.5, 0.6) is 0 Å². The summed E-state index contributed by atoms with van der Waals surface area (Å²) in [5.74, 6) is -3.55. The first-order valence-electron chi connectivity index (χ1n) is 11.1. The number of alkyl halides is 3. The molecule has 39 heavy (non-hydrogen) atoms. The fraction of sp³-hybridized carbons (Fsp3) is 0.217. The van der Waals surface area contributed by atoms with Crippen molar-refractivity contribution in [3.8, 4) is 5.82 Å². The molecule has 2 heterocycles. The number of esters is 1. The first-order valence-corrected chi connectivity index (χ1v) is 13.0. The molecule has 0 saturated carbocycles. The van der Waals surface area contributed by atoms with E-state index in [0.717, 1.165) is 12.5 Å². The first kappa shape index (κ1) is 27.7. The van der Waals surface area contributed by atoms with Crippen molar-refractivity contribution < 1.29 is 40.6 Å². The van der Waals surface area contributed by atoms with Crippen molar-refractivity contribution in [1.82, 2.24) is 19.7 Å². The largest absolute Gasteiger partial charge is 0.491 e. The monoisotopic (exact) mass is 568 g/mol. The minimum absolute atomic E-state index is 0.0302. The van der Waals surface area contributed by atoms with Gasteiger partial charge in [-0.1, -0.05) is 12.1 Å². The Hall–Kier alpha value is -4.31. The van der Waals surface area contributed by atoms with E-state index in [2.05, 4.69) is 30.4 Å². The van der Waals surface area contributed by atoms with Gasteiger partial charge in [0.2, 0.25) is 12.2 Å². The van der Waals surface area contributed by atoms with Crippen LogP contribution in [0, 0.1) is 5.82 Å². The van der Waals surface area contributed by atoms with Gasteiger partial charge in [0.25, 0.3) is 0 Å². The van der Waals surface area contributed by atoms with E-state index in [1.165, 1.54) is 29.1 Å². The molecule has 0 bridgehead atoms. The zero-order valence-corrected chi connectivity index (χ0v) is 20.8. The van der Waals surface area contributed by atoms with E-state index in [-0.39, 0.29) is 29.6 Å². The molecule has 0 fully saturated rings. The Morgan fingerprint density at radius 2 is 1.92 bits per heavy atom. The molecule has 0 aliphatic rings. The molecular formula is C23H20F4N6O5S. The normalized spacial score (nSPS) is 12.8. The van der Waals surface area contributed by atoms with E-state index in [1.54, 1.807) is 24.3 Å². The van der Waals surface area contributed by atoms with Gasteiger partial charge in [0.05, 0.1) is 22.8 Å². The Bertz CT molecular complexity index is 1630. The van der Waals surface area contributed by atoms with Crippen LogP contribution in [0.25, 0.3) is 16.7 Å². The van der Waals surface area contributed by atoms with Gasteiger partial charge in [0.1, 0.15) is 0 Å². The van der Waals surface area contributed by atoms with Crippen LogP contribution in [0.1, 0.15) is 6.42 Å². The standard InChI is InChI=1S/C23H20F4N6O5S/c1-39(36,37)14-5-2-4-13(10-14)31-22-29-12-16(24)20(32-22)33-18-7-3-6-17(15(18)11-30-33)28-9-8-19(34)38-21(35)23(25,26)27/h2-7,10-12,19,28,34H,8-9H2,1H3,(H,29,31,32). The highest BCUT2D eigenvalue weighted by molar-refractivity contribution is 7.90. The molecule has 0 aliphatic heterocycles. The number of aliphatic hydroxyl groups is 1. The summed E-state index contributed by atoms with van der Waals surface area (Å²) < 4.78 is 80.3. The van der Waals surface area contributed by atoms with Crippen LogP contribution in [0.3, 0.4) is 0 Å². The van der Waals surface area contributed by atoms with E-state index in [0.29, 0.717) is 22.3 Å². The second-order valence-electron chi connectivity index (χ2n) is 8.16. The van der Waals surface area contributed by atoms with Gasteiger partial charge in [-0.15, -0.1) is 0 Å². The summed E-state index contributed by atoms with van der Waals surface area (Å²) >= 11 is 0. The number of hydrogen-bond donors (Lipinski definition) is 3. The van der Waals surface area contributed by atoms with Crippen molar-refractivity contribution in [2.75, 3.05) is 23.4 Å². The van der Waals surface area contributed by atoms with Crippen LogP contribution in [0.4, 0.5) is 34.9 Å². The van der Waals surface area contributed by atoms with E-state index in [1.807, 2.05) is 0 Å². The van der Waals surface area contributed by atoms with Gasteiger partial charge in [0.15, 0.2) is 21.5 Å². The average Bonchev–Trinajstić information content (AvgIpc) is 3.29. The SMILES string of the molecule is CS(=O)(=O)c1cccc(Nc2ncc(F)c(-n3ncc4c(NCCC(O)OC(=O)C(F)(F)F)cccc43)n2)c1. The number of rotatable bonds is 9. The highest BCUT2D eigenvalue weighted by atomic mass is 32.2. The maximum atomic E-state index is 14.7. The van der Waals surface area contributed by atoms with Crippen molar-refractivity contribution >= 4 is 44.0 Å². The summed E-state index contributed by atoms with van der Waals surface area (Å²) in [6, 6.07) is 10.8. The zero-order valence-electron chi connectivity index (χ0n) is 20.0. The summed E-state index contributed by atoms with van der Waals surface area (Å²) in [5, 5.41) is 20.0. The quantitative estimate of drug-likeness (QED) is 0.156. The summed E-state index contributed by atoms with van der Waals surface area (Å²) in [7, 11) is -3.46. The van der Waals surface area contributed by atoms with Gasteiger partial charge < -0.3 is 20.5 Å². The summed E-state index contributed by atoms with van der Waals surface area (Å²) in [6.45, 7) is -0.0704. The fourth-order valence-corrected chi connectivity index (χ4v) is 4.12. The molecule has 2 aromatic carbocycles. The molecule has 3 N–H and O–H groups in total. The van der Waals surface area contributed by atoms with Crippen LogP contribution in [-0.4, -0.2) is 64.5 Å². The maximum absolute atomic E-state index is 14.7. The number of nitrogens with zero attached hydrogens (tertiary/aromatic N) is 4. The van der Waals surface area contributed by atoms with E-state index >= 15 is 0 Å².